The lowest BCUT2D eigenvalue weighted by Gasteiger charge is -2.35. The average Bonchev–Trinajstić information content (AvgIpc) is 2.83. The molecule has 0 unspecified atom stereocenters. The first-order valence-corrected chi connectivity index (χ1v) is 11.0. The van der Waals surface area contributed by atoms with Gasteiger partial charge in [-0.2, -0.15) is 0 Å². The Morgan fingerprint density at radius 2 is 0.767 bits per heavy atom. The fourth-order valence-electron chi connectivity index (χ4n) is 4.53. The zero-order valence-electron chi connectivity index (χ0n) is 17.6. The van der Waals surface area contributed by atoms with Gasteiger partial charge in [0.2, 0.25) is 0 Å². The summed E-state index contributed by atoms with van der Waals surface area (Å²) < 4.78 is 0. The van der Waals surface area contributed by atoms with Gasteiger partial charge in [0.25, 0.3) is 0 Å². The summed E-state index contributed by atoms with van der Waals surface area (Å²) in [6.07, 6.45) is 5.54. The maximum absolute atomic E-state index is 2.33. The molecule has 150 valence electrons. The maximum Gasteiger partial charge on any atom is -0.0000341 e. The second-order valence-corrected chi connectivity index (χ2v) is 8.28. The van der Waals surface area contributed by atoms with Gasteiger partial charge in [-0.25, -0.2) is 0 Å². The lowest BCUT2D eigenvalue weighted by atomic mass is 9.68. The van der Waals surface area contributed by atoms with Crippen LogP contribution in [0.1, 0.15) is 35.1 Å². The molecule has 0 aromatic heterocycles. The summed E-state index contributed by atoms with van der Waals surface area (Å²) in [4.78, 5) is 0. The highest BCUT2D eigenvalue weighted by Gasteiger charge is 2.32. The first-order chi connectivity index (χ1) is 14.8. The van der Waals surface area contributed by atoms with Crippen LogP contribution in [0.2, 0.25) is 0 Å². The van der Waals surface area contributed by atoms with E-state index >= 15 is 0 Å². The molecule has 0 aliphatic carbocycles. The summed E-state index contributed by atoms with van der Waals surface area (Å²) in [7, 11) is 0. The molecule has 0 heteroatoms. The van der Waals surface area contributed by atoms with Gasteiger partial charge >= 0.3 is 0 Å². The molecule has 0 aliphatic rings. The third-order valence-corrected chi connectivity index (χ3v) is 6.24. The van der Waals surface area contributed by atoms with Crippen LogP contribution in [-0.4, -0.2) is 0 Å². The zero-order chi connectivity index (χ0) is 20.5. The monoisotopic (exact) mass is 390 g/mol. The van der Waals surface area contributed by atoms with E-state index in [0.29, 0.717) is 0 Å². The summed E-state index contributed by atoms with van der Waals surface area (Å²) in [5.41, 5.74) is 5.83. The molecule has 0 N–H and O–H groups in total. The second-order valence-electron chi connectivity index (χ2n) is 8.28. The number of rotatable bonds is 9. The van der Waals surface area contributed by atoms with Crippen molar-refractivity contribution >= 4 is 0 Å². The van der Waals surface area contributed by atoms with Crippen molar-refractivity contribution in [2.75, 3.05) is 0 Å². The Labute approximate surface area is 181 Å². The first kappa shape index (κ1) is 20.2. The molecule has 0 amide bonds. The van der Waals surface area contributed by atoms with E-state index in [1.165, 1.54) is 22.3 Å². The van der Waals surface area contributed by atoms with Gasteiger partial charge in [0.1, 0.15) is 0 Å². The summed E-state index contributed by atoms with van der Waals surface area (Å²) in [6, 6.07) is 44.1. The van der Waals surface area contributed by atoms with E-state index in [0.717, 1.165) is 32.1 Å². The molecule has 0 nitrogen and oxygen atoms in total. The molecule has 4 rings (SSSR count). The fourth-order valence-corrected chi connectivity index (χ4v) is 4.53. The molecule has 30 heavy (non-hydrogen) atoms. The first-order valence-electron chi connectivity index (χ1n) is 11.0. The minimum Gasteiger partial charge on any atom is -0.0622 e. The van der Waals surface area contributed by atoms with E-state index in [4.69, 9.17) is 0 Å². The van der Waals surface area contributed by atoms with E-state index in [1.807, 2.05) is 0 Å². The predicted molar refractivity (Wildman–Crippen MR) is 128 cm³/mol. The van der Waals surface area contributed by atoms with Crippen LogP contribution in [0, 0.1) is 0 Å². The number of hydrogen-bond acceptors (Lipinski definition) is 0. The Morgan fingerprint density at radius 3 is 1.20 bits per heavy atom. The van der Waals surface area contributed by atoms with Crippen molar-refractivity contribution in [2.45, 2.75) is 37.5 Å². The van der Waals surface area contributed by atoms with Crippen LogP contribution < -0.4 is 0 Å². The summed E-state index contributed by atoms with van der Waals surface area (Å²) in [5.74, 6) is 0. The van der Waals surface area contributed by atoms with Crippen LogP contribution in [0.15, 0.2) is 121 Å². The molecule has 0 saturated carbocycles. The van der Waals surface area contributed by atoms with Crippen LogP contribution >= 0.6 is 0 Å². The van der Waals surface area contributed by atoms with E-state index < -0.39 is 0 Å². The van der Waals surface area contributed by atoms with Gasteiger partial charge in [-0.1, -0.05) is 121 Å². The minimum atomic E-state index is 0.105. The van der Waals surface area contributed by atoms with Gasteiger partial charge in [0.15, 0.2) is 0 Å². The van der Waals surface area contributed by atoms with Crippen molar-refractivity contribution in [3.8, 4) is 0 Å². The van der Waals surface area contributed by atoms with Gasteiger partial charge < -0.3 is 0 Å². The van der Waals surface area contributed by atoms with Gasteiger partial charge in [0, 0.05) is 0 Å². The molecule has 0 atom stereocenters. The highest BCUT2D eigenvalue weighted by molar-refractivity contribution is 5.31. The Hall–Kier alpha value is -3.12. The van der Waals surface area contributed by atoms with Crippen molar-refractivity contribution in [3.63, 3.8) is 0 Å². The quantitative estimate of drug-likeness (QED) is 0.279. The van der Waals surface area contributed by atoms with E-state index in [-0.39, 0.29) is 5.41 Å². The highest BCUT2D eigenvalue weighted by Crippen LogP contribution is 2.38. The largest absolute Gasteiger partial charge is 0.0622 e. The SMILES string of the molecule is c1ccc(CCC(CCc2ccccc2)(Cc2ccccc2)c2ccccc2)cc1. The van der Waals surface area contributed by atoms with Crippen LogP contribution in [0.5, 0.6) is 0 Å². The molecule has 0 bridgehead atoms. The molecule has 0 aliphatic heterocycles. The molecular weight excluding hydrogens is 360 g/mol. The Kier molecular flexibility index (Phi) is 6.77. The standard InChI is InChI=1S/C30H30/c1-5-13-26(14-6-1)21-23-30(29-19-11-4-12-20-29,25-28-17-9-3-10-18-28)24-22-27-15-7-2-8-16-27/h1-20H,21-25H2. The molecule has 0 fully saturated rings. The molecule has 4 aromatic rings. The van der Waals surface area contributed by atoms with Crippen molar-refractivity contribution in [1.29, 1.82) is 0 Å². The normalized spacial score (nSPS) is 11.3. The number of benzene rings is 4. The number of hydrogen-bond donors (Lipinski definition) is 0. The van der Waals surface area contributed by atoms with E-state index in [9.17, 15) is 0 Å². The molecule has 4 aromatic carbocycles. The van der Waals surface area contributed by atoms with E-state index in [1.54, 1.807) is 0 Å². The smallest absolute Gasteiger partial charge is 0.0000341 e. The van der Waals surface area contributed by atoms with Crippen LogP contribution in [0.25, 0.3) is 0 Å². The third kappa shape index (κ3) is 5.27. The molecule has 0 spiro atoms. The Morgan fingerprint density at radius 1 is 0.400 bits per heavy atom. The summed E-state index contributed by atoms with van der Waals surface area (Å²) in [6.45, 7) is 0. The third-order valence-electron chi connectivity index (χ3n) is 6.24. The topological polar surface area (TPSA) is 0 Å². The minimum absolute atomic E-state index is 0.105. The van der Waals surface area contributed by atoms with Gasteiger partial charge in [-0.05, 0) is 59.8 Å². The van der Waals surface area contributed by atoms with Crippen LogP contribution in [0.3, 0.4) is 0 Å². The average molecular weight is 391 g/mol. The highest BCUT2D eigenvalue weighted by atomic mass is 14.4. The van der Waals surface area contributed by atoms with Gasteiger partial charge in [0.05, 0.1) is 0 Å². The van der Waals surface area contributed by atoms with Crippen LogP contribution in [-0.2, 0) is 24.7 Å². The van der Waals surface area contributed by atoms with Gasteiger partial charge in [-0.15, -0.1) is 0 Å². The molecule has 0 saturated heterocycles. The molecular formula is C30H30. The summed E-state index contributed by atoms with van der Waals surface area (Å²) in [5, 5.41) is 0. The summed E-state index contributed by atoms with van der Waals surface area (Å²) >= 11 is 0. The van der Waals surface area contributed by atoms with Crippen molar-refractivity contribution in [1.82, 2.24) is 0 Å². The predicted octanol–water partition coefficient (Wildman–Crippen LogP) is 7.43. The Bertz CT molecular complexity index is 945. The molecule has 0 radical (unpaired) electrons. The maximum atomic E-state index is 2.33. The van der Waals surface area contributed by atoms with Crippen molar-refractivity contribution in [2.24, 2.45) is 0 Å². The Balaban J connectivity index is 1.68. The van der Waals surface area contributed by atoms with Gasteiger partial charge in [-0.3, -0.25) is 0 Å². The van der Waals surface area contributed by atoms with Crippen molar-refractivity contribution in [3.05, 3.63) is 144 Å². The van der Waals surface area contributed by atoms with Crippen LogP contribution in [0.4, 0.5) is 0 Å². The second kappa shape index (κ2) is 10.1. The number of aryl methyl sites for hydroxylation is 2. The molecule has 0 heterocycles. The lowest BCUT2D eigenvalue weighted by molar-refractivity contribution is 0.360. The zero-order valence-corrected chi connectivity index (χ0v) is 17.6. The lowest BCUT2D eigenvalue weighted by Crippen LogP contribution is -2.31. The fraction of sp³-hybridized carbons (Fsp3) is 0.200. The van der Waals surface area contributed by atoms with Crippen molar-refractivity contribution < 1.29 is 0 Å². The van der Waals surface area contributed by atoms with E-state index in [2.05, 4.69) is 121 Å².